The number of halogens is 3. The Hall–Kier alpha value is -4.75. The lowest BCUT2D eigenvalue weighted by molar-refractivity contribution is -0.136. The second-order valence-electron chi connectivity index (χ2n) is 18.5. The van der Waals surface area contributed by atoms with Gasteiger partial charge in [0.05, 0.1) is 32.9 Å². The molecule has 4 unspecified atom stereocenters. The quantitative estimate of drug-likeness (QED) is 0.0833. The van der Waals surface area contributed by atoms with Crippen molar-refractivity contribution in [3.63, 3.8) is 0 Å². The molecule has 390 valence electrons. The van der Waals surface area contributed by atoms with E-state index in [9.17, 15) is 38.0 Å². The summed E-state index contributed by atoms with van der Waals surface area (Å²) in [6.07, 6.45) is 15.6. The highest BCUT2D eigenvalue weighted by Gasteiger charge is 2.45. The minimum atomic E-state index is -1.03. The Morgan fingerprint density at radius 1 is 0.743 bits per heavy atom. The molecule has 3 aromatic rings. The number of nitrogens with zero attached hydrogens (tertiary/aromatic N) is 3. The maximum absolute atomic E-state index is 13.6. The van der Waals surface area contributed by atoms with E-state index in [-0.39, 0.29) is 41.1 Å². The molecule has 70 heavy (non-hydrogen) atoms. The Balaban J connectivity index is 0.000000450. The number of hydrogen-bond acceptors (Lipinski definition) is 8. The van der Waals surface area contributed by atoms with Gasteiger partial charge in [0.1, 0.15) is 17.6 Å². The van der Waals surface area contributed by atoms with Crippen LogP contribution in [0.4, 0.5) is 4.39 Å². The van der Waals surface area contributed by atoms with Gasteiger partial charge < -0.3 is 4.90 Å². The molecule has 15 heteroatoms. The van der Waals surface area contributed by atoms with Crippen molar-refractivity contribution in [2.24, 2.45) is 17.8 Å². The maximum atomic E-state index is 13.6. The lowest BCUT2D eigenvalue weighted by Crippen LogP contribution is -2.54. The molecule has 0 saturated carbocycles. The third kappa shape index (κ3) is 20.9. The number of H-pyrrole nitrogens is 1. The molecule has 5 amide bonds. The Bertz CT molecular complexity index is 2100. The van der Waals surface area contributed by atoms with Crippen molar-refractivity contribution < 1.29 is 38.0 Å². The fourth-order valence-corrected chi connectivity index (χ4v) is 8.15. The maximum Gasteiger partial charge on any atom is 0.262 e. The number of carbonyl (C=O) groups excluding carboxylic acids is 7. The van der Waals surface area contributed by atoms with E-state index in [2.05, 4.69) is 64.0 Å². The van der Waals surface area contributed by atoms with Gasteiger partial charge in [-0.25, -0.2) is 4.39 Å². The van der Waals surface area contributed by atoms with Gasteiger partial charge in [0.25, 0.3) is 11.8 Å². The summed E-state index contributed by atoms with van der Waals surface area (Å²) in [6, 6.07) is 6.37. The van der Waals surface area contributed by atoms with E-state index in [1.807, 2.05) is 32.6 Å². The normalized spacial score (nSPS) is 15.0. The number of fused-ring (bicyclic) bond motifs is 1. The molecule has 12 nitrogen and oxygen atoms in total. The van der Waals surface area contributed by atoms with Crippen LogP contribution in [0.5, 0.6) is 0 Å². The first-order chi connectivity index (χ1) is 33.2. The van der Waals surface area contributed by atoms with E-state index in [0.29, 0.717) is 46.5 Å². The fraction of sp³-hybridized carbons (Fsp3) is 0.600. The number of aromatic nitrogens is 2. The van der Waals surface area contributed by atoms with Crippen LogP contribution in [0.3, 0.4) is 0 Å². The van der Waals surface area contributed by atoms with Gasteiger partial charge in [-0.05, 0) is 99.1 Å². The molecule has 0 bridgehead atoms. The molecular formula is C55H82Cl2FN5O7. The zero-order chi connectivity index (χ0) is 53.1. The van der Waals surface area contributed by atoms with Gasteiger partial charge >= 0.3 is 0 Å². The second-order valence-corrected chi connectivity index (χ2v) is 19.3. The molecular weight excluding hydrogens is 933 g/mol. The Labute approximate surface area is 428 Å². The van der Waals surface area contributed by atoms with Gasteiger partial charge in [-0.2, -0.15) is 5.10 Å². The van der Waals surface area contributed by atoms with E-state index in [1.165, 1.54) is 51.5 Å². The molecule has 4 atom stereocenters. The number of imide groups is 2. The largest absolute Gasteiger partial charge is 0.343 e. The van der Waals surface area contributed by atoms with Crippen molar-refractivity contribution in [2.45, 2.75) is 185 Å². The smallest absolute Gasteiger partial charge is 0.262 e. The summed E-state index contributed by atoms with van der Waals surface area (Å²) in [5.41, 5.74) is 2.33. The van der Waals surface area contributed by atoms with E-state index in [4.69, 9.17) is 23.2 Å². The molecule has 1 fully saturated rings. The Morgan fingerprint density at radius 3 is 1.80 bits per heavy atom. The van der Waals surface area contributed by atoms with Gasteiger partial charge in [-0.1, -0.05) is 137 Å². The zero-order valence-corrected chi connectivity index (χ0v) is 45.6. The Morgan fingerprint density at radius 2 is 1.30 bits per heavy atom. The SMILES string of the molecule is CCCC(=O)c1[nH]ncc1C.CCCC(=O)c1c(Cl)cccc1Cl.CCCC(C)CCC(C)CC.CCCN(CCC(C)CC)C(=O)CC.Cc1cc2c(cc1F)C(=O)N(C1CCC(=O)NC1=O)C2=O. The third-order valence-electron chi connectivity index (χ3n) is 12.4. The van der Waals surface area contributed by atoms with Crippen LogP contribution in [-0.4, -0.2) is 80.2 Å². The van der Waals surface area contributed by atoms with Crippen LogP contribution in [0.2, 0.25) is 10.0 Å². The number of aromatic amines is 1. The molecule has 1 aromatic heterocycles. The number of carbonyl (C=O) groups is 7. The van der Waals surface area contributed by atoms with E-state index in [1.54, 1.807) is 24.4 Å². The summed E-state index contributed by atoms with van der Waals surface area (Å²) in [7, 11) is 0. The molecule has 0 spiro atoms. The van der Waals surface area contributed by atoms with Crippen LogP contribution in [0.15, 0.2) is 36.5 Å². The minimum Gasteiger partial charge on any atom is -0.343 e. The summed E-state index contributed by atoms with van der Waals surface area (Å²) in [5.74, 6) is 0.0572. The number of ketones is 2. The summed E-state index contributed by atoms with van der Waals surface area (Å²) in [4.78, 5) is 84.7. The first-order valence-electron chi connectivity index (χ1n) is 25.5. The van der Waals surface area contributed by atoms with Gasteiger partial charge in [0.2, 0.25) is 17.7 Å². The molecule has 1 saturated heterocycles. The average Bonchev–Trinajstić information content (AvgIpc) is 3.86. The molecule has 0 aliphatic carbocycles. The zero-order valence-electron chi connectivity index (χ0n) is 44.1. The molecule has 5 rings (SSSR count). The van der Waals surface area contributed by atoms with Gasteiger partial charge in [0, 0.05) is 38.8 Å². The van der Waals surface area contributed by atoms with Crippen molar-refractivity contribution in [1.29, 1.82) is 0 Å². The van der Waals surface area contributed by atoms with Gasteiger partial charge in [-0.3, -0.25) is 48.9 Å². The lowest BCUT2D eigenvalue weighted by atomic mass is 9.94. The number of nitrogens with one attached hydrogen (secondary N) is 2. The first-order valence-corrected chi connectivity index (χ1v) is 26.2. The van der Waals surface area contributed by atoms with Crippen LogP contribution in [0.25, 0.3) is 0 Å². The predicted molar refractivity (Wildman–Crippen MR) is 280 cm³/mol. The average molecular weight is 1020 g/mol. The van der Waals surface area contributed by atoms with Crippen molar-refractivity contribution in [2.75, 3.05) is 13.1 Å². The number of Topliss-reactive ketones (excluding diaryl/α,β-unsaturated/α-hetero) is 2. The number of piperidine rings is 1. The summed E-state index contributed by atoms with van der Waals surface area (Å²) in [5, 5.41) is 9.44. The fourth-order valence-electron chi connectivity index (χ4n) is 7.54. The Kier molecular flexibility index (Phi) is 30.5. The van der Waals surface area contributed by atoms with Crippen molar-refractivity contribution in [3.8, 4) is 0 Å². The first kappa shape index (κ1) is 63.3. The highest BCUT2D eigenvalue weighted by Crippen LogP contribution is 2.30. The molecule has 0 radical (unpaired) electrons. The monoisotopic (exact) mass is 1010 g/mol. The summed E-state index contributed by atoms with van der Waals surface area (Å²) in [6.45, 7) is 27.0. The lowest BCUT2D eigenvalue weighted by Gasteiger charge is -2.27. The van der Waals surface area contributed by atoms with E-state index >= 15 is 0 Å². The molecule has 2 aliphatic heterocycles. The predicted octanol–water partition coefficient (Wildman–Crippen LogP) is 13.5. The van der Waals surface area contributed by atoms with Gasteiger partial charge in [-0.15, -0.1) is 0 Å². The van der Waals surface area contributed by atoms with Crippen LogP contribution in [0.1, 0.15) is 218 Å². The topological polar surface area (TPSA) is 167 Å². The number of benzene rings is 2. The molecule has 2 aromatic carbocycles. The third-order valence-corrected chi connectivity index (χ3v) is 13.0. The molecule has 3 heterocycles. The summed E-state index contributed by atoms with van der Waals surface area (Å²) >= 11 is 11.7. The highest BCUT2D eigenvalue weighted by atomic mass is 35.5. The molecule has 2 aliphatic rings. The van der Waals surface area contributed by atoms with E-state index < -0.39 is 35.5 Å². The van der Waals surface area contributed by atoms with Crippen molar-refractivity contribution >= 4 is 64.3 Å². The van der Waals surface area contributed by atoms with Crippen molar-refractivity contribution in [1.82, 2.24) is 25.3 Å². The van der Waals surface area contributed by atoms with Crippen LogP contribution < -0.4 is 5.32 Å². The number of hydrogen-bond donors (Lipinski definition) is 2. The number of rotatable bonds is 20. The molecule has 2 N–H and O–H groups in total. The van der Waals surface area contributed by atoms with Crippen LogP contribution in [0, 0.1) is 37.4 Å². The van der Waals surface area contributed by atoms with E-state index in [0.717, 1.165) is 73.1 Å². The van der Waals surface area contributed by atoms with Crippen LogP contribution >= 0.6 is 23.2 Å². The van der Waals surface area contributed by atoms with Crippen molar-refractivity contribution in [3.05, 3.63) is 85.9 Å². The van der Waals surface area contributed by atoms with Gasteiger partial charge in [0.15, 0.2) is 11.6 Å². The number of amides is 5. The number of aryl methyl sites for hydroxylation is 2. The standard InChI is InChI=1S/C14H11FN2O4.C12H25NO.C11H24.C10H10Cl2O.C8H12N2O/c1-6-4-7-8(5-9(6)15)14(21)17(13(7)20)10-2-3-11(18)16-12(10)19;1-5-9-13(12(14)7-3)10-8-11(4)6-2;1-5-7-11(4)9-8-10(3)6-2;1-2-4-9(13)10-7(11)5-3-6-8(10)12;1-3-4-7(11)8-6(2)5-9-10-8/h4-5,10H,2-3H2,1H3,(H,16,18,19);11H,5-10H2,1-4H3;10-11H,5-9H2,1-4H3;3,5-6H,2,4H2,1H3;5H,3-4H2,1-2H3,(H,9,10). The minimum absolute atomic E-state index is 0.0121. The highest BCUT2D eigenvalue weighted by molar-refractivity contribution is 6.39. The van der Waals surface area contributed by atoms with Crippen LogP contribution in [-0.2, 0) is 14.4 Å². The second kappa shape index (κ2) is 33.8. The summed E-state index contributed by atoms with van der Waals surface area (Å²) < 4.78 is 13.6.